The Morgan fingerprint density at radius 3 is 2.54 bits per heavy atom. The average Bonchev–Trinajstić information content (AvgIpc) is 3.80. The summed E-state index contributed by atoms with van der Waals surface area (Å²) in [6.07, 6.45) is 4.12. The third-order valence-corrected chi connectivity index (χ3v) is 8.22. The van der Waals surface area contributed by atoms with E-state index in [1.165, 1.54) is 5.70 Å². The second-order valence-electron chi connectivity index (χ2n) is 11.6. The molecule has 1 aliphatic rings. The summed E-state index contributed by atoms with van der Waals surface area (Å²) in [7, 11) is 0. The molecule has 234 valence electrons. The number of likely N-dealkylation sites (tertiary alicyclic amines) is 1. The molecule has 9 nitrogen and oxygen atoms in total. The minimum absolute atomic E-state index is 0.142. The number of carbonyl (C=O) groups is 3. The predicted octanol–water partition coefficient (Wildman–Crippen LogP) is 7.32. The normalized spacial score (nSPS) is 12.9. The van der Waals surface area contributed by atoms with Crippen LogP contribution in [0, 0.1) is 0 Å². The Balaban J connectivity index is 1.22. The number of aromatic nitrogens is 2. The van der Waals surface area contributed by atoms with Gasteiger partial charge in [-0.05, 0) is 86.7 Å². The molecule has 0 aliphatic carbocycles. The molecule has 6 rings (SSSR count). The highest BCUT2D eigenvalue weighted by Crippen LogP contribution is 2.27. The number of fused-ring (bicyclic) bond motifs is 1. The van der Waals surface area contributed by atoms with Gasteiger partial charge in [0.2, 0.25) is 5.95 Å². The number of carbonyl (C=O) groups excluding carboxylic acids is 3. The number of aryl methyl sites for hydroxylation is 2. The number of imidazole rings is 1. The fourth-order valence-electron chi connectivity index (χ4n) is 5.78. The Kier molecular flexibility index (Phi) is 9.10. The summed E-state index contributed by atoms with van der Waals surface area (Å²) < 4.78 is 7.98. The topological polar surface area (TPSA) is 109 Å². The Bertz CT molecular complexity index is 1910. The Morgan fingerprint density at radius 2 is 1.76 bits per heavy atom. The molecule has 3 heterocycles. The van der Waals surface area contributed by atoms with Gasteiger partial charge in [0.05, 0.1) is 11.0 Å². The van der Waals surface area contributed by atoms with E-state index in [0.29, 0.717) is 47.9 Å². The zero-order chi connectivity index (χ0) is 32.0. The molecule has 1 saturated heterocycles. The number of nitrogens with one attached hydrogen (secondary N) is 2. The fraction of sp³-hybridized carbons (Fsp3) is 0.243. The first-order chi connectivity index (χ1) is 22.3. The molecule has 0 bridgehead atoms. The molecule has 1 fully saturated rings. The highest BCUT2D eigenvalue weighted by Gasteiger charge is 2.20. The minimum Gasteiger partial charge on any atom is -0.451 e. The van der Waals surface area contributed by atoms with Crippen LogP contribution in [-0.4, -0.2) is 45.1 Å². The van der Waals surface area contributed by atoms with Crippen molar-refractivity contribution in [2.45, 2.75) is 45.6 Å². The molecule has 0 spiro atoms. The van der Waals surface area contributed by atoms with Crippen LogP contribution >= 0.6 is 0 Å². The second-order valence-corrected chi connectivity index (χ2v) is 11.6. The lowest BCUT2D eigenvalue weighted by Gasteiger charge is -2.19. The van der Waals surface area contributed by atoms with Gasteiger partial charge in [-0.15, -0.1) is 0 Å². The summed E-state index contributed by atoms with van der Waals surface area (Å²) in [6, 6.07) is 25.8. The molecule has 5 aromatic rings. The van der Waals surface area contributed by atoms with E-state index in [-0.39, 0.29) is 17.5 Å². The van der Waals surface area contributed by atoms with Gasteiger partial charge in [-0.2, -0.15) is 0 Å². The van der Waals surface area contributed by atoms with Crippen LogP contribution in [0.25, 0.3) is 22.4 Å². The molecule has 3 aromatic carbocycles. The molecule has 0 saturated carbocycles. The van der Waals surface area contributed by atoms with Gasteiger partial charge in [-0.1, -0.05) is 43.0 Å². The van der Waals surface area contributed by atoms with Crippen LogP contribution in [0.3, 0.4) is 0 Å². The number of ketones is 1. The summed E-state index contributed by atoms with van der Waals surface area (Å²) in [5, 5.41) is 5.90. The smallest absolute Gasteiger partial charge is 0.293 e. The van der Waals surface area contributed by atoms with Crippen LogP contribution in [0.5, 0.6) is 0 Å². The van der Waals surface area contributed by atoms with Crippen molar-refractivity contribution in [1.29, 1.82) is 0 Å². The van der Waals surface area contributed by atoms with Crippen LogP contribution in [0.15, 0.2) is 102 Å². The molecule has 0 unspecified atom stereocenters. The number of hydrogen-bond acceptors (Lipinski definition) is 6. The maximum Gasteiger partial charge on any atom is 0.293 e. The Hall–Kier alpha value is -5.44. The summed E-state index contributed by atoms with van der Waals surface area (Å²) >= 11 is 0. The maximum absolute atomic E-state index is 13.5. The van der Waals surface area contributed by atoms with E-state index < -0.39 is 5.91 Å². The number of allylic oxidation sites excluding steroid dienone is 1. The first-order valence-electron chi connectivity index (χ1n) is 15.6. The van der Waals surface area contributed by atoms with Crippen LogP contribution in [-0.2, 0) is 17.8 Å². The van der Waals surface area contributed by atoms with Gasteiger partial charge in [0, 0.05) is 48.6 Å². The van der Waals surface area contributed by atoms with E-state index in [1.54, 1.807) is 31.2 Å². The van der Waals surface area contributed by atoms with E-state index in [0.717, 1.165) is 49.0 Å². The Labute approximate surface area is 267 Å². The molecular formula is C37H37N5O4. The third-order valence-electron chi connectivity index (χ3n) is 8.22. The van der Waals surface area contributed by atoms with Crippen LogP contribution in [0.2, 0.25) is 0 Å². The van der Waals surface area contributed by atoms with Gasteiger partial charge in [0.15, 0.2) is 5.76 Å². The molecule has 1 aliphatic heterocycles. The van der Waals surface area contributed by atoms with E-state index in [9.17, 15) is 14.4 Å². The molecule has 2 amide bonds. The first kappa shape index (κ1) is 30.6. The van der Waals surface area contributed by atoms with Gasteiger partial charge < -0.3 is 24.0 Å². The first-order valence-corrected chi connectivity index (χ1v) is 15.6. The monoisotopic (exact) mass is 615 g/mol. The zero-order valence-corrected chi connectivity index (χ0v) is 25.9. The highest BCUT2D eigenvalue weighted by molar-refractivity contribution is 6.05. The molecule has 46 heavy (non-hydrogen) atoms. The van der Waals surface area contributed by atoms with Crippen LogP contribution in [0.4, 0.5) is 11.6 Å². The lowest BCUT2D eigenvalue weighted by molar-refractivity contribution is -0.116. The van der Waals surface area contributed by atoms with Gasteiger partial charge in [-0.25, -0.2) is 4.98 Å². The molecule has 2 N–H and O–H groups in total. The molecule has 0 radical (unpaired) electrons. The van der Waals surface area contributed by atoms with Gasteiger partial charge in [0.25, 0.3) is 11.8 Å². The van der Waals surface area contributed by atoms with Crippen molar-refractivity contribution in [2.75, 3.05) is 23.7 Å². The predicted molar refractivity (Wildman–Crippen MR) is 180 cm³/mol. The zero-order valence-electron chi connectivity index (χ0n) is 25.9. The SMILES string of the molecule is C=C1CCCN1CCCn1c(NC(=O)c2ccc(-c3cccc(CCC(C)=O)c3)o2)nc2cc(NC(=O)c3ccccc3)ccc21. The van der Waals surface area contributed by atoms with Crippen molar-refractivity contribution < 1.29 is 18.8 Å². The minimum atomic E-state index is -0.416. The lowest BCUT2D eigenvalue weighted by atomic mass is 10.0. The summed E-state index contributed by atoms with van der Waals surface area (Å²) in [6.45, 7) is 8.27. The number of nitrogens with zero attached hydrogens (tertiary/aromatic N) is 3. The summed E-state index contributed by atoms with van der Waals surface area (Å²) in [5.41, 5.74) is 5.69. The fourth-order valence-corrected chi connectivity index (χ4v) is 5.78. The molecule has 0 atom stereocenters. The van der Waals surface area contributed by atoms with Crippen molar-refractivity contribution in [3.8, 4) is 11.3 Å². The van der Waals surface area contributed by atoms with Gasteiger partial charge in [-0.3, -0.25) is 14.9 Å². The largest absolute Gasteiger partial charge is 0.451 e. The van der Waals surface area contributed by atoms with Crippen LogP contribution < -0.4 is 10.6 Å². The van der Waals surface area contributed by atoms with Crippen LogP contribution in [0.1, 0.15) is 59.1 Å². The number of anilines is 2. The van der Waals surface area contributed by atoms with Gasteiger partial charge in [0.1, 0.15) is 11.5 Å². The van der Waals surface area contributed by atoms with E-state index in [2.05, 4.69) is 22.1 Å². The number of amides is 2. The van der Waals surface area contributed by atoms with E-state index >= 15 is 0 Å². The lowest BCUT2D eigenvalue weighted by Crippen LogP contribution is -2.21. The molecule has 9 heteroatoms. The summed E-state index contributed by atoms with van der Waals surface area (Å²) in [4.78, 5) is 44.7. The quantitative estimate of drug-likeness (QED) is 0.152. The van der Waals surface area contributed by atoms with Gasteiger partial charge >= 0.3 is 0 Å². The summed E-state index contributed by atoms with van der Waals surface area (Å²) in [5.74, 6) is 0.636. The number of Topliss-reactive ketones (excluding diaryl/α,β-unsaturated/α-hetero) is 1. The highest BCUT2D eigenvalue weighted by atomic mass is 16.4. The van der Waals surface area contributed by atoms with Crippen molar-refractivity contribution >= 4 is 40.3 Å². The maximum atomic E-state index is 13.5. The Morgan fingerprint density at radius 1 is 0.913 bits per heavy atom. The van der Waals surface area contributed by atoms with E-state index in [1.807, 2.05) is 65.2 Å². The number of rotatable bonds is 12. The van der Waals surface area contributed by atoms with Crippen molar-refractivity contribution in [1.82, 2.24) is 14.5 Å². The average molecular weight is 616 g/mol. The standard InChI is InChI=1S/C37H37N5O4/c1-25-9-7-20-41(25)21-8-22-42-32-17-16-30(38-35(44)28-11-4-3-5-12-28)24-31(32)39-37(42)40-36(45)34-19-18-33(46-34)29-13-6-10-27(23-29)15-14-26(2)43/h3-6,10-13,16-19,23-24H,1,7-9,14-15,20-22H2,2H3,(H,38,44)(H,39,40,45). The number of furan rings is 1. The second kappa shape index (κ2) is 13.7. The third kappa shape index (κ3) is 7.10. The van der Waals surface area contributed by atoms with Crippen molar-refractivity contribution in [2.24, 2.45) is 0 Å². The number of benzene rings is 3. The molecule has 2 aromatic heterocycles. The molecular weight excluding hydrogens is 578 g/mol. The van der Waals surface area contributed by atoms with Crippen molar-refractivity contribution in [3.63, 3.8) is 0 Å². The van der Waals surface area contributed by atoms with E-state index in [4.69, 9.17) is 9.40 Å². The number of hydrogen-bond donors (Lipinski definition) is 2. The van der Waals surface area contributed by atoms with Crippen molar-refractivity contribution in [3.05, 3.63) is 114 Å².